The molecule has 6 heteroatoms. The molecule has 0 saturated heterocycles. The van der Waals surface area contributed by atoms with E-state index in [1.807, 2.05) is 0 Å². The molecule has 0 N–H and O–H groups in total. The summed E-state index contributed by atoms with van der Waals surface area (Å²) >= 11 is 0. The van der Waals surface area contributed by atoms with Crippen molar-refractivity contribution >= 4 is 111 Å². The number of benzene rings is 20. The molecule has 0 aliphatic heterocycles. The van der Waals surface area contributed by atoms with Crippen molar-refractivity contribution in [3.63, 3.8) is 0 Å². The van der Waals surface area contributed by atoms with E-state index >= 15 is 0 Å². The fraction of sp³-hybridized carbons (Fsp3) is 0.0161. The number of anilines is 6. The highest BCUT2D eigenvalue weighted by molar-refractivity contribution is 6.20. The van der Waals surface area contributed by atoms with E-state index in [1.54, 1.807) is 0 Å². The Kier molecular flexibility index (Phi) is 18.0. The molecule has 6 nitrogen and oxygen atoms in total. The Morgan fingerprint density at radius 1 is 0.185 bits per heavy atom. The topological polar surface area (TPSA) is 42.6 Å². The Balaban J connectivity index is 0.000000142. The lowest BCUT2D eigenvalue weighted by Crippen LogP contribution is -2.28. The summed E-state index contributed by atoms with van der Waals surface area (Å²) in [6.45, 7) is 0. The maximum atomic E-state index is 6.97. The predicted octanol–water partition coefficient (Wildman–Crippen LogP) is 32.9. The molecule has 0 bridgehead atoms. The third-order valence-electron chi connectivity index (χ3n) is 27.1. The molecule has 130 heavy (non-hydrogen) atoms. The van der Waals surface area contributed by atoms with Crippen LogP contribution in [0.25, 0.3) is 144 Å². The number of nitrogens with zero attached hydrogens (tertiary/aromatic N) is 4. The fourth-order valence-electron chi connectivity index (χ4n) is 21.6. The molecule has 24 aromatic rings. The second-order valence-corrected chi connectivity index (χ2v) is 34.0. The van der Waals surface area contributed by atoms with Gasteiger partial charge in [0.2, 0.25) is 0 Å². The predicted molar refractivity (Wildman–Crippen MR) is 539 cm³/mol. The highest BCUT2D eigenvalue weighted by Crippen LogP contribution is 2.60. The van der Waals surface area contributed by atoms with Crippen molar-refractivity contribution < 1.29 is 8.83 Å². The summed E-state index contributed by atoms with van der Waals surface area (Å²) in [5.41, 5.74) is 37.6. The fourth-order valence-corrected chi connectivity index (χ4v) is 21.6. The van der Waals surface area contributed by atoms with Gasteiger partial charge in [-0.05, 0) is 233 Å². The Bertz CT molecular complexity index is 8360. The summed E-state index contributed by atoms with van der Waals surface area (Å²) in [5, 5.41) is 6.87. The Labute approximate surface area is 753 Å². The number of aromatic nitrogens is 2. The number of para-hydroxylation sites is 7. The van der Waals surface area contributed by atoms with Crippen LogP contribution in [0.1, 0.15) is 44.5 Å². The highest BCUT2D eigenvalue weighted by atomic mass is 16.3. The average molecular weight is 1660 g/mol. The lowest BCUT2D eigenvalue weighted by Gasteiger charge is -2.35. The number of furan rings is 2. The van der Waals surface area contributed by atoms with E-state index in [0.29, 0.717) is 0 Å². The first kappa shape index (κ1) is 75.5. The summed E-state index contributed by atoms with van der Waals surface area (Å²) in [7, 11) is 0. The molecule has 0 unspecified atom stereocenters. The summed E-state index contributed by atoms with van der Waals surface area (Å²) in [6.07, 6.45) is 0. The van der Waals surface area contributed by atoms with Gasteiger partial charge in [-0.3, -0.25) is 0 Å². The SMILES string of the molecule is c1ccc(-n2c3ccccc3c3oc4c(-c5ccc(N(c6ccc(-c7cccc8ccccc78)cc6)c6ccc7c(c6)C(c6ccccc6)(c6ccccc6)c6ccccc6-7)cc5)cccc4c32)cc1.c1ccc(N(c2ccc(-c3cccc4c3oc3c5ccccc5n(-c5ccccc5)c43)cc2)c2cccc(C3(c4ccccc4)c4ccccc4-c4ccccc43)c2)cc1. The van der Waals surface area contributed by atoms with Gasteiger partial charge in [0, 0.05) is 78.2 Å². The van der Waals surface area contributed by atoms with Gasteiger partial charge < -0.3 is 27.8 Å². The molecule has 0 spiro atoms. The first-order valence-electron chi connectivity index (χ1n) is 44.7. The van der Waals surface area contributed by atoms with Gasteiger partial charge in [-0.2, -0.15) is 0 Å². The van der Waals surface area contributed by atoms with Crippen LogP contribution in [0.4, 0.5) is 34.1 Å². The lowest BCUT2D eigenvalue weighted by atomic mass is 9.67. The molecule has 4 heterocycles. The minimum atomic E-state index is -0.531. The third kappa shape index (κ3) is 11.9. The van der Waals surface area contributed by atoms with Gasteiger partial charge in [0.1, 0.15) is 22.2 Å². The molecule has 0 saturated carbocycles. The summed E-state index contributed by atoms with van der Waals surface area (Å²) in [5.74, 6) is 0. The minimum Gasteiger partial charge on any atom is -0.453 e. The molecule has 0 fully saturated rings. The van der Waals surface area contributed by atoms with Crippen molar-refractivity contribution in [2.24, 2.45) is 0 Å². The molecule has 0 amide bonds. The number of hydrogen-bond donors (Lipinski definition) is 0. The smallest absolute Gasteiger partial charge is 0.161 e. The maximum absolute atomic E-state index is 6.97. The minimum absolute atomic E-state index is 0.491. The van der Waals surface area contributed by atoms with Crippen LogP contribution in [0.2, 0.25) is 0 Å². The zero-order valence-corrected chi connectivity index (χ0v) is 70.9. The molecule has 2 aliphatic carbocycles. The van der Waals surface area contributed by atoms with Crippen molar-refractivity contribution in [3.8, 4) is 67.0 Å². The third-order valence-corrected chi connectivity index (χ3v) is 27.1. The van der Waals surface area contributed by atoms with Crippen molar-refractivity contribution in [1.82, 2.24) is 9.13 Å². The van der Waals surface area contributed by atoms with Crippen LogP contribution < -0.4 is 9.80 Å². The van der Waals surface area contributed by atoms with Gasteiger partial charge in [0.25, 0.3) is 0 Å². The van der Waals surface area contributed by atoms with Gasteiger partial charge in [-0.1, -0.05) is 364 Å². The van der Waals surface area contributed by atoms with Crippen LogP contribution in [0, 0.1) is 0 Å². The Morgan fingerprint density at radius 2 is 0.485 bits per heavy atom. The second-order valence-electron chi connectivity index (χ2n) is 34.0. The zero-order chi connectivity index (χ0) is 85.8. The van der Waals surface area contributed by atoms with Gasteiger partial charge in [0.05, 0.1) is 21.9 Å². The van der Waals surface area contributed by atoms with E-state index in [-0.39, 0.29) is 0 Å². The molecular weight excluding hydrogens is 1580 g/mol. The van der Waals surface area contributed by atoms with Crippen molar-refractivity contribution in [1.29, 1.82) is 0 Å². The van der Waals surface area contributed by atoms with Crippen LogP contribution >= 0.6 is 0 Å². The van der Waals surface area contributed by atoms with Gasteiger partial charge in [-0.25, -0.2) is 0 Å². The van der Waals surface area contributed by atoms with Crippen LogP contribution in [0.3, 0.4) is 0 Å². The Hall–Kier alpha value is -17.1. The highest BCUT2D eigenvalue weighted by Gasteiger charge is 2.48. The van der Waals surface area contributed by atoms with E-state index in [9.17, 15) is 0 Å². The summed E-state index contributed by atoms with van der Waals surface area (Å²) in [4.78, 5) is 4.78. The van der Waals surface area contributed by atoms with Gasteiger partial charge >= 0.3 is 0 Å². The summed E-state index contributed by atoms with van der Waals surface area (Å²) in [6, 6.07) is 180. The number of hydrogen-bond acceptors (Lipinski definition) is 4. The molecule has 2 aliphatic rings. The monoisotopic (exact) mass is 1660 g/mol. The van der Waals surface area contributed by atoms with Crippen LogP contribution in [-0.2, 0) is 10.8 Å². The molecule has 26 rings (SSSR count). The quantitative estimate of drug-likeness (QED) is 0.103. The van der Waals surface area contributed by atoms with E-state index in [0.717, 1.165) is 134 Å². The first-order chi connectivity index (χ1) is 64.5. The van der Waals surface area contributed by atoms with E-state index in [2.05, 4.69) is 516 Å². The van der Waals surface area contributed by atoms with Crippen molar-refractivity contribution in [2.75, 3.05) is 9.80 Å². The Morgan fingerprint density at radius 3 is 0.954 bits per heavy atom. The van der Waals surface area contributed by atoms with E-state index in [1.165, 1.54) is 88.7 Å². The van der Waals surface area contributed by atoms with Crippen LogP contribution in [0.15, 0.2) is 506 Å². The average Bonchev–Trinajstić information content (AvgIpc) is 1.55. The van der Waals surface area contributed by atoms with Crippen molar-refractivity contribution in [3.05, 3.63) is 542 Å². The molecule has 0 radical (unpaired) electrons. The zero-order valence-electron chi connectivity index (χ0n) is 70.9. The normalized spacial score (nSPS) is 12.7. The number of fused-ring (bicyclic) bond motifs is 17. The van der Waals surface area contributed by atoms with Gasteiger partial charge in [0.15, 0.2) is 11.2 Å². The second kappa shape index (κ2) is 31.0. The molecule has 20 aromatic carbocycles. The van der Waals surface area contributed by atoms with E-state index < -0.39 is 10.8 Å². The van der Waals surface area contributed by atoms with E-state index in [4.69, 9.17) is 8.83 Å². The maximum Gasteiger partial charge on any atom is 0.161 e. The standard InChI is InChI=1S/C67H44N2O.C57H38N2O/c1-4-20-48(21-5-1)67(49-22-6-2-7-23-49)61-32-14-12-27-57(61)58-43-42-53(44-62(58)67)68(51-38-34-46(35-39-51)55-29-16-19-45-18-10-11-26-54(45)55)52-40-36-47(37-41-52)56-30-17-31-60-64-66(70-65(56)60)59-28-13-15-33-63(59)69(64)50-24-8-3-9-25-50;1-4-18-40(19-5-1)57(51-31-13-10-26-47(51)48-27-11-14-32-52(48)57)41-20-16-25-45(38-41)58(42-21-6-2-7-22-42)44-36-34-39(35-37-44)46-29-17-30-50-54-56(60-55(46)50)49-28-12-15-33-53(49)59(54)43-23-8-3-9-24-43/h1-44H;1-38H. The van der Waals surface area contributed by atoms with Crippen LogP contribution in [-0.4, -0.2) is 9.13 Å². The molecule has 0 atom stereocenters. The molecule has 610 valence electrons. The summed E-state index contributed by atoms with van der Waals surface area (Å²) < 4.78 is 18.5. The molecular formula is C124H82N4O2. The van der Waals surface area contributed by atoms with Crippen LogP contribution in [0.5, 0.6) is 0 Å². The lowest BCUT2D eigenvalue weighted by molar-refractivity contribution is 0.673. The molecule has 4 aromatic heterocycles. The number of rotatable bonds is 15. The first-order valence-corrected chi connectivity index (χ1v) is 44.7. The largest absolute Gasteiger partial charge is 0.453 e. The van der Waals surface area contributed by atoms with Crippen molar-refractivity contribution in [2.45, 2.75) is 10.8 Å². The van der Waals surface area contributed by atoms with Gasteiger partial charge in [-0.15, -0.1) is 0 Å².